The van der Waals surface area contributed by atoms with Crippen molar-refractivity contribution in [2.24, 2.45) is 5.92 Å². The molecule has 8 heteroatoms. The van der Waals surface area contributed by atoms with E-state index in [4.69, 9.17) is 4.42 Å². The van der Waals surface area contributed by atoms with E-state index in [0.29, 0.717) is 12.5 Å². The predicted octanol–water partition coefficient (Wildman–Crippen LogP) is 2.07. The van der Waals surface area contributed by atoms with Crippen molar-refractivity contribution >= 4 is 21.7 Å². The van der Waals surface area contributed by atoms with E-state index in [1.54, 1.807) is 24.3 Å². The van der Waals surface area contributed by atoms with E-state index in [9.17, 15) is 18.0 Å². The van der Waals surface area contributed by atoms with Crippen LogP contribution in [0.15, 0.2) is 58.0 Å². The lowest BCUT2D eigenvalue weighted by Gasteiger charge is -2.16. The van der Waals surface area contributed by atoms with Crippen molar-refractivity contribution in [3.05, 3.63) is 54.5 Å². The average molecular weight is 392 g/mol. The van der Waals surface area contributed by atoms with Crippen LogP contribution in [-0.2, 0) is 19.4 Å². The SMILES string of the molecule is CC(C)CCNC(=O)C(=O)NCC(c1ccco1)S(=O)(=O)c1ccccc1. The lowest BCUT2D eigenvalue weighted by molar-refractivity contribution is -0.139. The summed E-state index contributed by atoms with van der Waals surface area (Å²) >= 11 is 0. The number of nitrogens with one attached hydrogen (secondary N) is 2. The zero-order valence-electron chi connectivity index (χ0n) is 15.3. The molecule has 1 aromatic carbocycles. The van der Waals surface area contributed by atoms with E-state index in [2.05, 4.69) is 10.6 Å². The molecule has 146 valence electrons. The van der Waals surface area contributed by atoms with E-state index < -0.39 is 26.9 Å². The molecule has 2 amide bonds. The summed E-state index contributed by atoms with van der Waals surface area (Å²) in [6.45, 7) is 4.12. The van der Waals surface area contributed by atoms with Crippen LogP contribution in [0.4, 0.5) is 0 Å². The van der Waals surface area contributed by atoms with E-state index in [0.717, 1.165) is 6.42 Å². The van der Waals surface area contributed by atoms with Gasteiger partial charge in [0.25, 0.3) is 0 Å². The Morgan fingerprint density at radius 1 is 1.00 bits per heavy atom. The quantitative estimate of drug-likeness (QED) is 0.669. The minimum absolute atomic E-state index is 0.113. The molecule has 1 atom stereocenters. The molecule has 0 fully saturated rings. The van der Waals surface area contributed by atoms with Crippen LogP contribution < -0.4 is 10.6 Å². The number of rotatable bonds is 8. The third-order valence-electron chi connectivity index (χ3n) is 3.97. The number of benzene rings is 1. The molecule has 0 aliphatic heterocycles. The molecule has 0 saturated carbocycles. The molecule has 0 radical (unpaired) electrons. The fraction of sp³-hybridized carbons (Fsp3) is 0.368. The molecule has 0 aliphatic carbocycles. The smallest absolute Gasteiger partial charge is 0.309 e. The molecule has 27 heavy (non-hydrogen) atoms. The van der Waals surface area contributed by atoms with Crippen LogP contribution in [0.3, 0.4) is 0 Å². The number of sulfone groups is 1. The topological polar surface area (TPSA) is 105 Å². The summed E-state index contributed by atoms with van der Waals surface area (Å²) in [5.41, 5.74) is 0. The fourth-order valence-corrected chi connectivity index (χ4v) is 4.04. The molecule has 2 N–H and O–H groups in total. The first-order valence-corrected chi connectivity index (χ1v) is 10.3. The molecule has 1 aromatic heterocycles. The largest absolute Gasteiger partial charge is 0.468 e. The van der Waals surface area contributed by atoms with Crippen LogP contribution in [0, 0.1) is 5.92 Å². The summed E-state index contributed by atoms with van der Waals surface area (Å²) in [5, 5.41) is 3.78. The molecule has 2 aromatic rings. The monoisotopic (exact) mass is 392 g/mol. The highest BCUT2D eigenvalue weighted by molar-refractivity contribution is 7.91. The maximum Gasteiger partial charge on any atom is 0.309 e. The number of amides is 2. The van der Waals surface area contributed by atoms with Crippen LogP contribution in [0.2, 0.25) is 0 Å². The Balaban J connectivity index is 2.09. The highest BCUT2D eigenvalue weighted by Gasteiger charge is 2.32. The summed E-state index contributed by atoms with van der Waals surface area (Å²) in [7, 11) is -3.81. The Bertz CT molecular complexity index is 845. The standard InChI is InChI=1S/C19H24N2O5S/c1-14(2)10-11-20-18(22)19(23)21-13-17(16-9-6-12-26-16)27(24,25)15-7-4-3-5-8-15/h3-9,12,14,17H,10-11,13H2,1-2H3,(H,20,22)(H,21,23). The summed E-state index contributed by atoms with van der Waals surface area (Å²) in [4.78, 5) is 24.0. The first kappa shape index (κ1) is 20.7. The first-order valence-electron chi connectivity index (χ1n) is 8.70. The molecule has 7 nitrogen and oxygen atoms in total. The number of hydrogen-bond donors (Lipinski definition) is 2. The van der Waals surface area contributed by atoms with Gasteiger partial charge in [-0.3, -0.25) is 9.59 Å². The van der Waals surface area contributed by atoms with Crippen LogP contribution in [-0.4, -0.2) is 33.3 Å². The number of furan rings is 1. The molecular weight excluding hydrogens is 368 g/mol. The molecule has 0 spiro atoms. The summed E-state index contributed by atoms with van der Waals surface area (Å²) in [5.74, 6) is -1.07. The van der Waals surface area contributed by atoms with E-state index >= 15 is 0 Å². The predicted molar refractivity (Wildman–Crippen MR) is 101 cm³/mol. The second kappa shape index (κ2) is 9.36. The Morgan fingerprint density at radius 2 is 1.67 bits per heavy atom. The van der Waals surface area contributed by atoms with Gasteiger partial charge in [-0.1, -0.05) is 32.0 Å². The second-order valence-electron chi connectivity index (χ2n) is 6.51. The van der Waals surface area contributed by atoms with Crippen molar-refractivity contribution < 1.29 is 22.4 Å². The molecule has 0 saturated heterocycles. The van der Waals surface area contributed by atoms with Gasteiger partial charge in [-0.25, -0.2) is 8.42 Å². The van der Waals surface area contributed by atoms with Gasteiger partial charge in [0, 0.05) is 13.1 Å². The molecule has 0 aliphatic rings. The van der Waals surface area contributed by atoms with Gasteiger partial charge in [0.2, 0.25) is 0 Å². The summed E-state index contributed by atoms with van der Waals surface area (Å²) < 4.78 is 31.2. The molecule has 1 unspecified atom stereocenters. The maximum absolute atomic E-state index is 12.9. The van der Waals surface area contributed by atoms with Gasteiger partial charge in [0.05, 0.1) is 11.2 Å². The molecule has 2 rings (SSSR count). The summed E-state index contributed by atoms with van der Waals surface area (Å²) in [6, 6.07) is 11.0. The van der Waals surface area contributed by atoms with E-state index in [-0.39, 0.29) is 17.2 Å². The number of carbonyl (C=O) groups is 2. The highest BCUT2D eigenvalue weighted by Crippen LogP contribution is 2.28. The third-order valence-corrected chi connectivity index (χ3v) is 6.05. The van der Waals surface area contributed by atoms with Crippen LogP contribution in [0.1, 0.15) is 31.3 Å². The van der Waals surface area contributed by atoms with E-state index in [1.165, 1.54) is 24.5 Å². The third kappa shape index (κ3) is 5.68. The van der Waals surface area contributed by atoms with Gasteiger partial charge in [-0.05, 0) is 36.6 Å². The lowest BCUT2D eigenvalue weighted by Crippen LogP contribution is -2.42. The Hall–Kier alpha value is -2.61. The lowest BCUT2D eigenvalue weighted by atomic mass is 10.1. The number of carbonyl (C=O) groups excluding carboxylic acids is 2. The summed E-state index contributed by atoms with van der Waals surface area (Å²) in [6.07, 6.45) is 2.11. The van der Waals surface area contributed by atoms with Gasteiger partial charge in [-0.15, -0.1) is 0 Å². The minimum Gasteiger partial charge on any atom is -0.468 e. The van der Waals surface area contributed by atoms with Gasteiger partial charge in [0.15, 0.2) is 9.84 Å². The zero-order chi connectivity index (χ0) is 19.9. The average Bonchev–Trinajstić information content (AvgIpc) is 3.16. The van der Waals surface area contributed by atoms with Crippen LogP contribution in [0.5, 0.6) is 0 Å². The van der Waals surface area contributed by atoms with Crippen LogP contribution in [0.25, 0.3) is 0 Å². The van der Waals surface area contributed by atoms with Crippen LogP contribution >= 0.6 is 0 Å². The van der Waals surface area contributed by atoms with Gasteiger partial charge < -0.3 is 15.1 Å². The maximum atomic E-state index is 12.9. The van der Waals surface area contributed by atoms with Crippen molar-refractivity contribution in [1.29, 1.82) is 0 Å². The van der Waals surface area contributed by atoms with Gasteiger partial charge >= 0.3 is 11.8 Å². The number of hydrogen-bond acceptors (Lipinski definition) is 5. The van der Waals surface area contributed by atoms with Gasteiger partial charge in [0.1, 0.15) is 11.0 Å². The Kier molecular flexibility index (Phi) is 7.18. The van der Waals surface area contributed by atoms with Crippen molar-refractivity contribution in [3.63, 3.8) is 0 Å². The molecular formula is C19H24N2O5S. The normalized spacial score (nSPS) is 12.6. The first-order chi connectivity index (χ1) is 12.8. The van der Waals surface area contributed by atoms with Gasteiger partial charge in [-0.2, -0.15) is 0 Å². The highest BCUT2D eigenvalue weighted by atomic mass is 32.2. The van der Waals surface area contributed by atoms with E-state index in [1.807, 2.05) is 13.8 Å². The zero-order valence-corrected chi connectivity index (χ0v) is 16.2. The Labute approximate surface area is 159 Å². The Morgan fingerprint density at radius 3 is 2.26 bits per heavy atom. The molecule has 1 heterocycles. The second-order valence-corrected chi connectivity index (χ2v) is 8.64. The van der Waals surface area contributed by atoms with Crippen molar-refractivity contribution in [3.8, 4) is 0 Å². The molecule has 0 bridgehead atoms. The van der Waals surface area contributed by atoms with Crippen molar-refractivity contribution in [2.75, 3.05) is 13.1 Å². The van der Waals surface area contributed by atoms with Crippen molar-refractivity contribution in [1.82, 2.24) is 10.6 Å². The van der Waals surface area contributed by atoms with Crippen molar-refractivity contribution in [2.45, 2.75) is 30.4 Å². The minimum atomic E-state index is -3.81. The fourth-order valence-electron chi connectivity index (χ4n) is 2.43.